The minimum Gasteiger partial charge on any atom is -0.354 e. The van der Waals surface area contributed by atoms with Crippen LogP contribution in [0.1, 0.15) is 37.7 Å². The van der Waals surface area contributed by atoms with Gasteiger partial charge in [0.2, 0.25) is 15.9 Å². The van der Waals surface area contributed by atoms with Gasteiger partial charge >= 0.3 is 0 Å². The Morgan fingerprint density at radius 1 is 1.12 bits per heavy atom. The molecule has 0 atom stereocenters. The van der Waals surface area contributed by atoms with Crippen molar-refractivity contribution in [1.82, 2.24) is 10.2 Å². The molecule has 146 valence electrons. The standard InChI is InChI=1S/C19H31N3O3S/c1-17-8-10-18(11-9-17)22(26(2,24)25)16-19(23)20-12-7-15-21-13-5-3-4-6-14-21/h8-11H,3-7,12-16H2,1-2H3,(H,20,23). The van der Waals surface area contributed by atoms with Crippen LogP contribution in [0.3, 0.4) is 0 Å². The molecule has 7 heteroatoms. The monoisotopic (exact) mass is 381 g/mol. The van der Waals surface area contributed by atoms with Gasteiger partial charge in [-0.1, -0.05) is 30.5 Å². The first kappa shape index (κ1) is 20.7. The summed E-state index contributed by atoms with van der Waals surface area (Å²) in [6, 6.07) is 7.13. The van der Waals surface area contributed by atoms with E-state index >= 15 is 0 Å². The number of rotatable bonds is 8. The highest BCUT2D eigenvalue weighted by Gasteiger charge is 2.20. The van der Waals surface area contributed by atoms with Gasteiger partial charge < -0.3 is 10.2 Å². The van der Waals surface area contributed by atoms with Crippen LogP contribution < -0.4 is 9.62 Å². The second-order valence-electron chi connectivity index (χ2n) is 7.06. The van der Waals surface area contributed by atoms with Gasteiger partial charge in [0, 0.05) is 6.54 Å². The van der Waals surface area contributed by atoms with Gasteiger partial charge in [-0.15, -0.1) is 0 Å². The van der Waals surface area contributed by atoms with E-state index in [0.717, 1.165) is 42.2 Å². The molecular formula is C19H31N3O3S. The summed E-state index contributed by atoms with van der Waals surface area (Å²) in [5, 5.41) is 2.85. The van der Waals surface area contributed by atoms with Gasteiger partial charge in [-0.05, 0) is 58.0 Å². The van der Waals surface area contributed by atoms with Crippen LogP contribution in [-0.4, -0.2) is 58.2 Å². The number of amides is 1. The molecule has 1 amide bonds. The van der Waals surface area contributed by atoms with Crippen molar-refractivity contribution in [2.24, 2.45) is 0 Å². The van der Waals surface area contributed by atoms with Gasteiger partial charge in [0.1, 0.15) is 6.54 Å². The van der Waals surface area contributed by atoms with Crippen molar-refractivity contribution in [3.05, 3.63) is 29.8 Å². The summed E-state index contributed by atoms with van der Waals surface area (Å²) in [6.45, 7) is 5.58. The molecule has 1 aliphatic rings. The maximum absolute atomic E-state index is 12.2. The van der Waals surface area contributed by atoms with Crippen LogP contribution in [0.5, 0.6) is 0 Å². The fourth-order valence-electron chi connectivity index (χ4n) is 3.19. The number of aryl methyl sites for hydroxylation is 1. The Hall–Kier alpha value is -1.60. The molecule has 1 aromatic rings. The largest absolute Gasteiger partial charge is 0.354 e. The molecule has 0 unspecified atom stereocenters. The lowest BCUT2D eigenvalue weighted by Crippen LogP contribution is -2.41. The lowest BCUT2D eigenvalue weighted by atomic mass is 10.2. The third-order valence-corrected chi connectivity index (χ3v) is 5.82. The van der Waals surface area contributed by atoms with Gasteiger partial charge in [0.25, 0.3) is 0 Å². The van der Waals surface area contributed by atoms with Crippen molar-refractivity contribution in [3.8, 4) is 0 Å². The van der Waals surface area contributed by atoms with Crippen molar-refractivity contribution in [1.29, 1.82) is 0 Å². The summed E-state index contributed by atoms with van der Waals surface area (Å²) in [7, 11) is -3.51. The number of nitrogens with zero attached hydrogens (tertiary/aromatic N) is 2. The molecule has 0 aliphatic carbocycles. The number of hydrogen-bond donors (Lipinski definition) is 1. The lowest BCUT2D eigenvalue weighted by molar-refractivity contribution is -0.119. The maximum atomic E-state index is 12.2. The molecule has 26 heavy (non-hydrogen) atoms. The average molecular weight is 382 g/mol. The van der Waals surface area contributed by atoms with E-state index in [2.05, 4.69) is 10.2 Å². The van der Waals surface area contributed by atoms with E-state index in [-0.39, 0.29) is 12.5 Å². The van der Waals surface area contributed by atoms with E-state index in [1.165, 1.54) is 25.7 Å². The van der Waals surface area contributed by atoms with Gasteiger partial charge in [-0.3, -0.25) is 9.10 Å². The lowest BCUT2D eigenvalue weighted by Gasteiger charge is -2.22. The van der Waals surface area contributed by atoms with Crippen LogP contribution in [0.2, 0.25) is 0 Å². The zero-order valence-corrected chi connectivity index (χ0v) is 16.7. The van der Waals surface area contributed by atoms with Crippen molar-refractivity contribution in [2.75, 3.05) is 43.3 Å². The number of hydrogen-bond acceptors (Lipinski definition) is 4. The molecule has 0 bridgehead atoms. The second kappa shape index (κ2) is 9.92. The minimum atomic E-state index is -3.51. The number of sulfonamides is 1. The molecule has 1 aliphatic heterocycles. The highest BCUT2D eigenvalue weighted by Crippen LogP contribution is 2.17. The molecule has 2 rings (SSSR count). The molecule has 1 aromatic carbocycles. The highest BCUT2D eigenvalue weighted by molar-refractivity contribution is 7.92. The normalized spacial score (nSPS) is 16.1. The van der Waals surface area contributed by atoms with Crippen LogP contribution in [-0.2, 0) is 14.8 Å². The fourth-order valence-corrected chi connectivity index (χ4v) is 4.04. The molecule has 0 aromatic heterocycles. The van der Waals surface area contributed by atoms with Gasteiger partial charge in [-0.2, -0.15) is 0 Å². The van der Waals surface area contributed by atoms with Crippen LogP contribution in [0.4, 0.5) is 5.69 Å². The summed E-state index contributed by atoms with van der Waals surface area (Å²) in [5.74, 6) is -0.271. The van der Waals surface area contributed by atoms with Gasteiger partial charge in [0.05, 0.1) is 11.9 Å². The number of likely N-dealkylation sites (tertiary alicyclic amines) is 1. The molecule has 0 spiro atoms. The smallest absolute Gasteiger partial charge is 0.240 e. The summed E-state index contributed by atoms with van der Waals surface area (Å²) in [5.41, 5.74) is 1.55. The van der Waals surface area contributed by atoms with Crippen LogP contribution >= 0.6 is 0 Å². The first-order valence-corrected chi connectivity index (χ1v) is 11.2. The summed E-state index contributed by atoms with van der Waals surface area (Å²) in [4.78, 5) is 14.7. The average Bonchev–Trinajstić information content (AvgIpc) is 2.85. The third kappa shape index (κ3) is 6.96. The first-order chi connectivity index (χ1) is 12.4. The van der Waals surface area contributed by atoms with E-state index in [4.69, 9.17) is 0 Å². The van der Waals surface area contributed by atoms with E-state index < -0.39 is 10.0 Å². The van der Waals surface area contributed by atoms with Crippen LogP contribution in [0.15, 0.2) is 24.3 Å². The molecule has 6 nitrogen and oxygen atoms in total. The Bertz CT molecular complexity index is 666. The van der Waals surface area contributed by atoms with E-state index in [1.54, 1.807) is 12.1 Å². The van der Waals surface area contributed by atoms with Crippen LogP contribution in [0.25, 0.3) is 0 Å². The second-order valence-corrected chi connectivity index (χ2v) is 8.97. The van der Waals surface area contributed by atoms with Gasteiger partial charge in [-0.25, -0.2) is 8.42 Å². The zero-order chi connectivity index (χ0) is 19.0. The van der Waals surface area contributed by atoms with Crippen molar-refractivity contribution in [3.63, 3.8) is 0 Å². The summed E-state index contributed by atoms with van der Waals surface area (Å²) >= 11 is 0. The van der Waals surface area contributed by atoms with Crippen molar-refractivity contribution >= 4 is 21.6 Å². The minimum absolute atomic E-state index is 0.189. The predicted molar refractivity (Wildman–Crippen MR) is 106 cm³/mol. The summed E-state index contributed by atoms with van der Waals surface area (Å²) < 4.78 is 25.3. The Balaban J connectivity index is 1.80. The molecule has 1 heterocycles. The SMILES string of the molecule is Cc1ccc(N(CC(=O)NCCCN2CCCCCC2)S(C)(=O)=O)cc1. The molecule has 1 N–H and O–H groups in total. The summed E-state index contributed by atoms with van der Waals surface area (Å²) in [6.07, 6.45) is 7.15. The Morgan fingerprint density at radius 2 is 1.73 bits per heavy atom. The Kier molecular flexibility index (Phi) is 7.90. The number of anilines is 1. The number of nitrogens with one attached hydrogen (secondary N) is 1. The van der Waals surface area contributed by atoms with Crippen LogP contribution in [0, 0.1) is 6.92 Å². The number of carbonyl (C=O) groups is 1. The van der Waals surface area contributed by atoms with E-state index in [0.29, 0.717) is 12.2 Å². The molecule has 1 fully saturated rings. The maximum Gasteiger partial charge on any atom is 0.240 e. The molecular weight excluding hydrogens is 350 g/mol. The third-order valence-electron chi connectivity index (χ3n) is 4.68. The van der Waals surface area contributed by atoms with E-state index in [9.17, 15) is 13.2 Å². The molecule has 0 radical (unpaired) electrons. The Labute approximate surface area is 157 Å². The van der Waals surface area contributed by atoms with Crippen molar-refractivity contribution < 1.29 is 13.2 Å². The molecule has 0 saturated carbocycles. The van der Waals surface area contributed by atoms with Crippen molar-refractivity contribution in [2.45, 2.75) is 39.0 Å². The Morgan fingerprint density at radius 3 is 2.31 bits per heavy atom. The predicted octanol–water partition coefficient (Wildman–Crippen LogP) is 2.14. The van der Waals surface area contributed by atoms with Gasteiger partial charge in [0.15, 0.2) is 0 Å². The fraction of sp³-hybridized carbons (Fsp3) is 0.632. The first-order valence-electron chi connectivity index (χ1n) is 9.40. The topological polar surface area (TPSA) is 69.7 Å². The zero-order valence-electron chi connectivity index (χ0n) is 15.9. The number of carbonyl (C=O) groups excluding carboxylic acids is 1. The number of benzene rings is 1. The quantitative estimate of drug-likeness (QED) is 0.701. The molecule has 1 saturated heterocycles. The highest BCUT2D eigenvalue weighted by atomic mass is 32.2. The van der Waals surface area contributed by atoms with E-state index in [1.807, 2.05) is 19.1 Å².